The summed E-state index contributed by atoms with van der Waals surface area (Å²) in [6.07, 6.45) is 2.41. The number of halogens is 2. The molecule has 0 spiro atoms. The first-order valence-corrected chi connectivity index (χ1v) is 7.33. The number of aromatic nitrogens is 3. The predicted molar refractivity (Wildman–Crippen MR) is 85.1 cm³/mol. The second kappa shape index (κ2) is 6.99. The minimum atomic E-state index is -0.964. The molecular formula is C17H14F2N4O. The Labute approximate surface area is 136 Å². The van der Waals surface area contributed by atoms with Crippen LogP contribution < -0.4 is 5.32 Å². The van der Waals surface area contributed by atoms with Crippen LogP contribution in [0.25, 0.3) is 11.3 Å². The van der Waals surface area contributed by atoms with Gasteiger partial charge in [-0.25, -0.2) is 8.78 Å². The first-order valence-electron chi connectivity index (χ1n) is 7.33. The SMILES string of the molecule is O=C(CCc1ccccn1)Nc1cc(-c2cccc(F)c2F)[nH]n1. The van der Waals surface area contributed by atoms with E-state index in [0.717, 1.165) is 11.8 Å². The van der Waals surface area contributed by atoms with Crippen molar-refractivity contribution in [3.05, 3.63) is 66.0 Å². The molecule has 0 fully saturated rings. The van der Waals surface area contributed by atoms with Gasteiger partial charge in [-0.1, -0.05) is 12.1 Å². The molecule has 0 radical (unpaired) electrons. The highest BCUT2D eigenvalue weighted by Crippen LogP contribution is 2.24. The van der Waals surface area contributed by atoms with Crippen LogP contribution in [0.5, 0.6) is 0 Å². The lowest BCUT2D eigenvalue weighted by atomic mass is 10.1. The molecule has 0 saturated carbocycles. The third-order valence-corrected chi connectivity index (χ3v) is 3.42. The topological polar surface area (TPSA) is 70.7 Å². The van der Waals surface area contributed by atoms with Gasteiger partial charge in [-0.15, -0.1) is 0 Å². The van der Waals surface area contributed by atoms with E-state index in [-0.39, 0.29) is 29.4 Å². The van der Waals surface area contributed by atoms with E-state index < -0.39 is 11.6 Å². The van der Waals surface area contributed by atoms with Crippen molar-refractivity contribution in [3.8, 4) is 11.3 Å². The summed E-state index contributed by atoms with van der Waals surface area (Å²) in [6.45, 7) is 0. The van der Waals surface area contributed by atoms with Crippen LogP contribution in [0.2, 0.25) is 0 Å². The first-order chi connectivity index (χ1) is 11.6. The van der Waals surface area contributed by atoms with Gasteiger partial charge in [-0.05, 0) is 30.7 Å². The van der Waals surface area contributed by atoms with Gasteiger partial charge in [-0.2, -0.15) is 5.10 Å². The van der Waals surface area contributed by atoms with E-state index in [4.69, 9.17) is 0 Å². The molecule has 5 nitrogen and oxygen atoms in total. The molecule has 2 heterocycles. The van der Waals surface area contributed by atoms with Gasteiger partial charge in [0, 0.05) is 29.9 Å². The lowest BCUT2D eigenvalue weighted by Gasteiger charge is -2.01. The summed E-state index contributed by atoms with van der Waals surface area (Å²) in [5, 5.41) is 9.09. The van der Waals surface area contributed by atoms with Gasteiger partial charge in [0.2, 0.25) is 5.91 Å². The number of carbonyl (C=O) groups excluding carboxylic acids is 1. The number of anilines is 1. The van der Waals surface area contributed by atoms with Gasteiger partial charge in [0.15, 0.2) is 17.5 Å². The third-order valence-electron chi connectivity index (χ3n) is 3.42. The van der Waals surface area contributed by atoms with Crippen molar-refractivity contribution in [1.82, 2.24) is 15.2 Å². The molecule has 0 aliphatic rings. The lowest BCUT2D eigenvalue weighted by Crippen LogP contribution is -2.12. The number of amides is 1. The highest BCUT2D eigenvalue weighted by molar-refractivity contribution is 5.90. The maximum atomic E-state index is 13.8. The Morgan fingerprint density at radius 3 is 2.83 bits per heavy atom. The summed E-state index contributed by atoms with van der Waals surface area (Å²) >= 11 is 0. The van der Waals surface area contributed by atoms with Crippen molar-refractivity contribution in [2.75, 3.05) is 5.32 Å². The Balaban J connectivity index is 1.63. The molecule has 0 aliphatic heterocycles. The molecule has 1 aromatic carbocycles. The number of benzene rings is 1. The van der Waals surface area contributed by atoms with Crippen LogP contribution in [-0.2, 0) is 11.2 Å². The van der Waals surface area contributed by atoms with E-state index in [0.29, 0.717) is 6.42 Å². The number of pyridine rings is 1. The number of rotatable bonds is 5. The molecule has 1 amide bonds. The monoisotopic (exact) mass is 328 g/mol. The van der Waals surface area contributed by atoms with Crippen molar-refractivity contribution in [3.63, 3.8) is 0 Å². The molecule has 2 N–H and O–H groups in total. The Bertz CT molecular complexity index is 849. The number of nitrogens with one attached hydrogen (secondary N) is 2. The highest BCUT2D eigenvalue weighted by Gasteiger charge is 2.13. The van der Waals surface area contributed by atoms with Crippen molar-refractivity contribution in [2.45, 2.75) is 12.8 Å². The van der Waals surface area contributed by atoms with Crippen LogP contribution in [0.1, 0.15) is 12.1 Å². The van der Waals surface area contributed by atoms with E-state index in [1.54, 1.807) is 12.3 Å². The van der Waals surface area contributed by atoms with Gasteiger partial charge in [0.1, 0.15) is 0 Å². The summed E-state index contributed by atoms with van der Waals surface area (Å²) in [7, 11) is 0. The second-order valence-electron chi connectivity index (χ2n) is 5.14. The van der Waals surface area contributed by atoms with Crippen molar-refractivity contribution in [2.24, 2.45) is 0 Å². The quantitative estimate of drug-likeness (QED) is 0.755. The number of carbonyl (C=O) groups is 1. The minimum absolute atomic E-state index is 0.0523. The van der Waals surface area contributed by atoms with Crippen molar-refractivity contribution >= 4 is 11.7 Å². The molecule has 0 aliphatic carbocycles. The molecule has 3 aromatic rings. The van der Waals surface area contributed by atoms with Gasteiger partial charge in [-0.3, -0.25) is 14.9 Å². The summed E-state index contributed by atoms with van der Waals surface area (Å²) in [5.74, 6) is -1.89. The highest BCUT2D eigenvalue weighted by atomic mass is 19.2. The molecular weight excluding hydrogens is 314 g/mol. The molecule has 24 heavy (non-hydrogen) atoms. The Hall–Kier alpha value is -3.09. The fraction of sp³-hybridized carbons (Fsp3) is 0.118. The number of aromatic amines is 1. The van der Waals surface area contributed by atoms with Crippen LogP contribution in [0.3, 0.4) is 0 Å². The molecule has 0 unspecified atom stereocenters. The minimum Gasteiger partial charge on any atom is -0.309 e. The van der Waals surface area contributed by atoms with Crippen LogP contribution in [-0.4, -0.2) is 21.1 Å². The van der Waals surface area contributed by atoms with Gasteiger partial charge < -0.3 is 5.32 Å². The van der Waals surface area contributed by atoms with Crippen LogP contribution in [0.15, 0.2) is 48.7 Å². The summed E-state index contributed by atoms with van der Waals surface area (Å²) in [5.41, 5.74) is 1.15. The van der Waals surface area contributed by atoms with Crippen LogP contribution in [0.4, 0.5) is 14.6 Å². The lowest BCUT2D eigenvalue weighted by molar-refractivity contribution is -0.116. The van der Waals surface area contributed by atoms with E-state index in [1.165, 1.54) is 18.2 Å². The van der Waals surface area contributed by atoms with Gasteiger partial charge in [0.25, 0.3) is 0 Å². The smallest absolute Gasteiger partial charge is 0.225 e. The van der Waals surface area contributed by atoms with E-state index in [2.05, 4.69) is 20.5 Å². The molecule has 0 bridgehead atoms. The molecule has 2 aromatic heterocycles. The summed E-state index contributed by atoms with van der Waals surface area (Å²) in [4.78, 5) is 16.1. The molecule has 0 atom stereocenters. The molecule has 122 valence electrons. The summed E-state index contributed by atoms with van der Waals surface area (Å²) < 4.78 is 27.0. The zero-order valence-electron chi connectivity index (χ0n) is 12.6. The molecule has 3 rings (SSSR count). The Kier molecular flexibility index (Phi) is 4.60. The number of hydrogen-bond acceptors (Lipinski definition) is 3. The fourth-order valence-electron chi connectivity index (χ4n) is 2.23. The normalized spacial score (nSPS) is 10.6. The standard InChI is InChI=1S/C17H14F2N4O/c18-13-6-3-5-12(17(13)19)14-10-15(23-22-14)21-16(24)8-7-11-4-1-2-9-20-11/h1-6,9-10H,7-8H2,(H2,21,22,23,24). The van der Waals surface area contributed by atoms with Crippen LogP contribution in [0, 0.1) is 11.6 Å². The molecule has 0 saturated heterocycles. The maximum absolute atomic E-state index is 13.8. The third kappa shape index (κ3) is 3.62. The predicted octanol–water partition coefficient (Wildman–Crippen LogP) is 3.32. The number of hydrogen-bond donors (Lipinski definition) is 2. The number of nitrogens with zero attached hydrogens (tertiary/aromatic N) is 2. The van der Waals surface area contributed by atoms with E-state index >= 15 is 0 Å². The van der Waals surface area contributed by atoms with Gasteiger partial charge >= 0.3 is 0 Å². The Morgan fingerprint density at radius 2 is 2.04 bits per heavy atom. The zero-order chi connectivity index (χ0) is 16.9. The molecule has 7 heteroatoms. The zero-order valence-corrected chi connectivity index (χ0v) is 12.6. The first kappa shape index (κ1) is 15.8. The van der Waals surface area contributed by atoms with Gasteiger partial charge in [0.05, 0.1) is 5.69 Å². The van der Waals surface area contributed by atoms with E-state index in [1.807, 2.05) is 12.1 Å². The van der Waals surface area contributed by atoms with Crippen molar-refractivity contribution in [1.29, 1.82) is 0 Å². The maximum Gasteiger partial charge on any atom is 0.225 e. The average Bonchev–Trinajstić information content (AvgIpc) is 3.04. The number of aryl methyl sites for hydroxylation is 1. The Morgan fingerprint density at radius 1 is 1.17 bits per heavy atom. The second-order valence-corrected chi connectivity index (χ2v) is 5.14. The fourth-order valence-corrected chi connectivity index (χ4v) is 2.23. The largest absolute Gasteiger partial charge is 0.309 e. The van der Waals surface area contributed by atoms with Crippen LogP contribution >= 0.6 is 0 Å². The number of H-pyrrole nitrogens is 1. The van der Waals surface area contributed by atoms with E-state index in [9.17, 15) is 13.6 Å². The summed E-state index contributed by atoms with van der Waals surface area (Å²) in [6, 6.07) is 10.8. The average molecular weight is 328 g/mol. The van der Waals surface area contributed by atoms with Crippen molar-refractivity contribution < 1.29 is 13.6 Å².